The summed E-state index contributed by atoms with van der Waals surface area (Å²) in [5.41, 5.74) is 1.58. The number of carboxylic acids is 1. The second-order valence-corrected chi connectivity index (χ2v) is 5.18. The van der Waals surface area contributed by atoms with Crippen molar-refractivity contribution in [2.75, 3.05) is 0 Å². The molecule has 0 unspecified atom stereocenters. The number of benzene rings is 1. The Morgan fingerprint density at radius 1 is 1.30 bits per heavy atom. The van der Waals surface area contributed by atoms with Crippen molar-refractivity contribution in [1.82, 2.24) is 14.0 Å². The van der Waals surface area contributed by atoms with Crippen molar-refractivity contribution in [2.45, 2.75) is 0 Å². The lowest BCUT2D eigenvalue weighted by atomic mass is 10.2. The Morgan fingerprint density at radius 3 is 2.65 bits per heavy atom. The van der Waals surface area contributed by atoms with Crippen LogP contribution in [0.4, 0.5) is 0 Å². The van der Waals surface area contributed by atoms with Gasteiger partial charge in [-0.1, -0.05) is 23.2 Å². The Morgan fingerprint density at radius 2 is 2.05 bits per heavy atom. The Labute approximate surface area is 124 Å². The fourth-order valence-corrected chi connectivity index (χ4v) is 2.58. The van der Waals surface area contributed by atoms with E-state index in [4.69, 9.17) is 28.3 Å². The number of fused-ring (bicyclic) bond motifs is 1. The van der Waals surface area contributed by atoms with Crippen LogP contribution in [0.1, 0.15) is 10.5 Å². The maximum Gasteiger partial charge on any atom is 0.354 e. The molecule has 102 valence electrons. The molecule has 7 heteroatoms. The maximum atomic E-state index is 11.0. The third kappa shape index (κ3) is 1.95. The molecule has 5 nitrogen and oxygen atoms in total. The van der Waals surface area contributed by atoms with E-state index in [2.05, 4.69) is 4.98 Å². The summed E-state index contributed by atoms with van der Waals surface area (Å²) in [4.78, 5) is 15.4. The van der Waals surface area contributed by atoms with Crippen LogP contribution in [-0.4, -0.2) is 25.0 Å². The van der Waals surface area contributed by atoms with Gasteiger partial charge in [0.25, 0.3) is 0 Å². The van der Waals surface area contributed by atoms with Crippen molar-refractivity contribution >= 4 is 34.9 Å². The average Bonchev–Trinajstić information content (AvgIpc) is 2.89. The molecule has 20 heavy (non-hydrogen) atoms. The zero-order valence-electron chi connectivity index (χ0n) is 10.3. The summed E-state index contributed by atoms with van der Waals surface area (Å²) in [5.74, 6) is -0.465. The van der Waals surface area contributed by atoms with Gasteiger partial charge in [0, 0.05) is 30.0 Å². The maximum absolute atomic E-state index is 11.0. The van der Waals surface area contributed by atoms with Crippen LogP contribution < -0.4 is 0 Å². The summed E-state index contributed by atoms with van der Waals surface area (Å²) in [6, 6.07) is 5.16. The zero-order chi connectivity index (χ0) is 14.4. The standard InChI is InChI=1S/C13H9Cl2N3O2/c1-17-11(12(19)20)6-18-5-10(16-13(17)18)8-3-2-7(14)4-9(8)15/h2-6H,1H3,(H,19,20). The first-order valence-electron chi connectivity index (χ1n) is 5.70. The summed E-state index contributed by atoms with van der Waals surface area (Å²) >= 11 is 12.0. The van der Waals surface area contributed by atoms with Crippen LogP contribution >= 0.6 is 23.2 Å². The molecule has 1 aromatic carbocycles. The van der Waals surface area contributed by atoms with E-state index in [0.29, 0.717) is 21.5 Å². The number of carboxylic acid groups (broad SMARTS) is 1. The molecule has 0 atom stereocenters. The predicted molar refractivity (Wildman–Crippen MR) is 76.6 cm³/mol. The van der Waals surface area contributed by atoms with Gasteiger partial charge in [0.05, 0.1) is 10.7 Å². The van der Waals surface area contributed by atoms with Gasteiger partial charge in [-0.3, -0.25) is 4.40 Å². The summed E-state index contributed by atoms with van der Waals surface area (Å²) in [6.45, 7) is 0. The number of aryl methyl sites for hydroxylation is 1. The number of halogens is 2. The molecule has 0 radical (unpaired) electrons. The average molecular weight is 310 g/mol. The Kier molecular flexibility index (Phi) is 2.96. The molecule has 0 fully saturated rings. The minimum atomic E-state index is -0.996. The van der Waals surface area contributed by atoms with Crippen molar-refractivity contribution in [3.8, 4) is 11.3 Å². The molecule has 2 heterocycles. The second kappa shape index (κ2) is 4.54. The van der Waals surface area contributed by atoms with Gasteiger partial charge in [-0.15, -0.1) is 0 Å². The number of rotatable bonds is 2. The van der Waals surface area contributed by atoms with Gasteiger partial charge in [0.1, 0.15) is 5.69 Å². The number of aromatic carboxylic acids is 1. The normalized spacial score (nSPS) is 11.2. The first-order chi connectivity index (χ1) is 9.47. The molecule has 0 saturated carbocycles. The SMILES string of the molecule is Cn1c(C(=O)O)cn2cc(-c3ccc(Cl)cc3Cl)nc12. The number of aromatic nitrogens is 3. The first kappa shape index (κ1) is 13.0. The van der Waals surface area contributed by atoms with Crippen molar-refractivity contribution < 1.29 is 9.90 Å². The van der Waals surface area contributed by atoms with E-state index >= 15 is 0 Å². The number of hydrogen-bond donors (Lipinski definition) is 1. The largest absolute Gasteiger partial charge is 0.477 e. The predicted octanol–water partition coefficient (Wildman–Crippen LogP) is 3.34. The van der Waals surface area contributed by atoms with Crippen molar-refractivity contribution in [3.63, 3.8) is 0 Å². The van der Waals surface area contributed by atoms with Gasteiger partial charge in [0.15, 0.2) is 0 Å². The number of imidazole rings is 2. The fraction of sp³-hybridized carbons (Fsp3) is 0.0769. The van der Waals surface area contributed by atoms with Crippen LogP contribution in [0.25, 0.3) is 17.0 Å². The quantitative estimate of drug-likeness (QED) is 0.789. The topological polar surface area (TPSA) is 59.5 Å². The Hall–Kier alpha value is -1.98. The monoisotopic (exact) mass is 309 g/mol. The van der Waals surface area contributed by atoms with Gasteiger partial charge < -0.3 is 9.67 Å². The van der Waals surface area contributed by atoms with Crippen LogP contribution in [0.5, 0.6) is 0 Å². The lowest BCUT2D eigenvalue weighted by molar-refractivity contribution is 0.0687. The Bertz CT molecular complexity index is 836. The number of hydrogen-bond acceptors (Lipinski definition) is 2. The second-order valence-electron chi connectivity index (χ2n) is 4.34. The van der Waals surface area contributed by atoms with Crippen molar-refractivity contribution in [1.29, 1.82) is 0 Å². The van der Waals surface area contributed by atoms with Gasteiger partial charge in [-0.25, -0.2) is 9.78 Å². The highest BCUT2D eigenvalue weighted by Crippen LogP contribution is 2.30. The molecule has 0 aliphatic rings. The molecule has 0 bridgehead atoms. The van der Waals surface area contributed by atoms with E-state index in [0.717, 1.165) is 5.56 Å². The summed E-state index contributed by atoms with van der Waals surface area (Å²) < 4.78 is 3.17. The highest BCUT2D eigenvalue weighted by molar-refractivity contribution is 6.36. The lowest BCUT2D eigenvalue weighted by Crippen LogP contribution is -2.04. The van der Waals surface area contributed by atoms with Crippen LogP contribution in [-0.2, 0) is 7.05 Å². The van der Waals surface area contributed by atoms with Crippen LogP contribution in [0, 0.1) is 0 Å². The minimum absolute atomic E-state index is 0.168. The molecule has 0 aliphatic heterocycles. The van der Waals surface area contributed by atoms with E-state index in [1.165, 1.54) is 10.8 Å². The van der Waals surface area contributed by atoms with Crippen LogP contribution in [0.15, 0.2) is 30.6 Å². The van der Waals surface area contributed by atoms with Crippen molar-refractivity contribution in [2.24, 2.45) is 7.05 Å². The smallest absolute Gasteiger partial charge is 0.354 e. The molecule has 0 aliphatic carbocycles. The van der Waals surface area contributed by atoms with E-state index in [-0.39, 0.29) is 5.69 Å². The van der Waals surface area contributed by atoms with E-state index in [9.17, 15) is 4.79 Å². The molecule has 0 spiro atoms. The Balaban J connectivity index is 2.17. The number of carbonyl (C=O) groups is 1. The summed E-state index contributed by atoms with van der Waals surface area (Å²) in [7, 11) is 1.65. The van der Waals surface area contributed by atoms with Crippen LogP contribution in [0.2, 0.25) is 10.0 Å². The number of nitrogens with zero attached hydrogens (tertiary/aromatic N) is 3. The highest BCUT2D eigenvalue weighted by Gasteiger charge is 2.16. The van der Waals surface area contributed by atoms with Gasteiger partial charge in [-0.05, 0) is 18.2 Å². The van der Waals surface area contributed by atoms with E-state index < -0.39 is 5.97 Å². The molecular weight excluding hydrogens is 301 g/mol. The van der Waals surface area contributed by atoms with Gasteiger partial charge in [0.2, 0.25) is 5.78 Å². The zero-order valence-corrected chi connectivity index (χ0v) is 11.9. The first-order valence-corrected chi connectivity index (χ1v) is 6.46. The third-order valence-corrected chi connectivity index (χ3v) is 3.61. The van der Waals surface area contributed by atoms with Crippen molar-refractivity contribution in [3.05, 3.63) is 46.3 Å². The summed E-state index contributed by atoms with van der Waals surface area (Å²) in [6.07, 6.45) is 3.24. The van der Waals surface area contributed by atoms with Gasteiger partial charge >= 0.3 is 5.97 Å². The fourth-order valence-electron chi connectivity index (χ4n) is 2.08. The van der Waals surface area contributed by atoms with E-state index in [1.54, 1.807) is 35.8 Å². The van der Waals surface area contributed by atoms with E-state index in [1.807, 2.05) is 0 Å². The summed E-state index contributed by atoms with van der Waals surface area (Å²) in [5, 5.41) is 10.1. The molecule has 0 saturated heterocycles. The lowest BCUT2D eigenvalue weighted by Gasteiger charge is -2.01. The molecule has 0 amide bonds. The van der Waals surface area contributed by atoms with Gasteiger partial charge in [-0.2, -0.15) is 0 Å². The minimum Gasteiger partial charge on any atom is -0.477 e. The molecule has 2 aromatic heterocycles. The molecule has 1 N–H and O–H groups in total. The highest BCUT2D eigenvalue weighted by atomic mass is 35.5. The third-order valence-electron chi connectivity index (χ3n) is 3.06. The molecular formula is C13H9Cl2N3O2. The molecule has 3 rings (SSSR count). The van der Waals surface area contributed by atoms with Crippen LogP contribution in [0.3, 0.4) is 0 Å². The molecule has 3 aromatic rings.